The van der Waals surface area contributed by atoms with E-state index in [9.17, 15) is 5.11 Å². The summed E-state index contributed by atoms with van der Waals surface area (Å²) in [7, 11) is 3.32. The fraction of sp³-hybridized carbons (Fsp3) is 0.760. The average molecular weight is 424 g/mol. The molecule has 1 aromatic carbocycles. The van der Waals surface area contributed by atoms with Crippen LogP contribution in [0.1, 0.15) is 71.8 Å². The number of aliphatic hydroxyl groups excluding tert-OH is 1. The standard InChI is InChI=1S/C21H33NO4.2C2H6/c1-24-20-9-8-16(14-21(20)25-2)11-13-26-19-7-5-3-4-6-18(19)22-12-10-17(23)15-22;2*1-2/h8-9,14,17-19,23H,3-7,10-13,15H2,1-2H3;2*1-2H3/t17-,18+,19?;;/m0../s1. The number of hydrogen-bond donors (Lipinski definition) is 1. The van der Waals surface area contributed by atoms with Gasteiger partial charge in [-0.1, -0.05) is 53.0 Å². The van der Waals surface area contributed by atoms with Gasteiger partial charge in [-0.2, -0.15) is 0 Å². The molecular weight excluding hydrogens is 378 g/mol. The predicted octanol–water partition coefficient (Wildman–Crippen LogP) is 5.08. The van der Waals surface area contributed by atoms with E-state index in [1.165, 1.54) is 31.2 Å². The number of ether oxygens (including phenoxy) is 3. The first-order valence-corrected chi connectivity index (χ1v) is 12.0. The molecule has 5 heteroatoms. The Morgan fingerprint density at radius 2 is 1.63 bits per heavy atom. The lowest BCUT2D eigenvalue weighted by atomic mass is 10.0. The van der Waals surface area contributed by atoms with Crippen LogP contribution >= 0.6 is 0 Å². The largest absolute Gasteiger partial charge is 0.493 e. The number of β-amino-alcohol motifs (C(OH)–C–C–N with tert-alkyl or cyclic N) is 1. The van der Waals surface area contributed by atoms with Gasteiger partial charge >= 0.3 is 0 Å². The number of likely N-dealkylation sites (tertiary alicyclic amines) is 1. The lowest BCUT2D eigenvalue weighted by Gasteiger charge is -2.33. The molecule has 5 nitrogen and oxygen atoms in total. The third-order valence-corrected chi connectivity index (χ3v) is 5.75. The summed E-state index contributed by atoms with van der Waals surface area (Å²) in [4.78, 5) is 2.46. The van der Waals surface area contributed by atoms with E-state index < -0.39 is 0 Å². The first-order chi connectivity index (χ1) is 14.7. The maximum Gasteiger partial charge on any atom is 0.160 e. The molecule has 1 saturated carbocycles. The first-order valence-electron chi connectivity index (χ1n) is 12.0. The highest BCUT2D eigenvalue weighted by Crippen LogP contribution is 2.29. The molecule has 1 unspecified atom stereocenters. The summed E-state index contributed by atoms with van der Waals surface area (Å²) in [6, 6.07) is 6.52. The van der Waals surface area contributed by atoms with Crippen molar-refractivity contribution in [2.24, 2.45) is 0 Å². The average Bonchev–Trinajstić information content (AvgIpc) is 3.09. The Labute approximate surface area is 184 Å². The van der Waals surface area contributed by atoms with Gasteiger partial charge in [0.15, 0.2) is 11.5 Å². The van der Waals surface area contributed by atoms with E-state index in [2.05, 4.69) is 11.0 Å². The van der Waals surface area contributed by atoms with Crippen LogP contribution < -0.4 is 9.47 Å². The summed E-state index contributed by atoms with van der Waals surface area (Å²) in [5, 5.41) is 9.90. The number of hydrogen-bond acceptors (Lipinski definition) is 5. The topological polar surface area (TPSA) is 51.2 Å². The van der Waals surface area contributed by atoms with Crippen LogP contribution in [-0.2, 0) is 11.2 Å². The van der Waals surface area contributed by atoms with E-state index in [1.807, 2.05) is 39.8 Å². The molecule has 3 rings (SSSR count). The van der Waals surface area contributed by atoms with Gasteiger partial charge in [0.1, 0.15) is 0 Å². The van der Waals surface area contributed by atoms with Gasteiger partial charge in [-0.05, 0) is 43.4 Å². The van der Waals surface area contributed by atoms with Crippen LogP contribution in [0.3, 0.4) is 0 Å². The molecule has 1 saturated heterocycles. The highest BCUT2D eigenvalue weighted by Gasteiger charge is 2.33. The smallest absolute Gasteiger partial charge is 0.160 e. The SMILES string of the molecule is CC.CC.COc1ccc(CCOC2CCCCC[C@H]2N2CC[C@H](O)C2)cc1OC. The third-order valence-electron chi connectivity index (χ3n) is 5.75. The van der Waals surface area contributed by atoms with Gasteiger partial charge in [-0.15, -0.1) is 0 Å². The highest BCUT2D eigenvalue weighted by molar-refractivity contribution is 5.42. The Kier molecular flexibility index (Phi) is 13.8. The fourth-order valence-electron chi connectivity index (χ4n) is 4.30. The Balaban J connectivity index is 0.00000106. The van der Waals surface area contributed by atoms with E-state index in [4.69, 9.17) is 14.2 Å². The highest BCUT2D eigenvalue weighted by atomic mass is 16.5. The van der Waals surface area contributed by atoms with Gasteiger partial charge in [0.25, 0.3) is 0 Å². The van der Waals surface area contributed by atoms with Crippen molar-refractivity contribution >= 4 is 0 Å². The van der Waals surface area contributed by atoms with Gasteiger partial charge in [-0.3, -0.25) is 4.90 Å². The lowest BCUT2D eigenvalue weighted by molar-refractivity contribution is -0.0138. The summed E-state index contributed by atoms with van der Waals surface area (Å²) in [6.07, 6.45) is 8.01. The second-order valence-corrected chi connectivity index (χ2v) is 7.49. The fourth-order valence-corrected chi connectivity index (χ4v) is 4.30. The molecule has 0 aromatic heterocycles. The van der Waals surface area contributed by atoms with Crippen molar-refractivity contribution < 1.29 is 19.3 Å². The maximum atomic E-state index is 9.90. The molecule has 1 aromatic rings. The van der Waals surface area contributed by atoms with Crippen LogP contribution in [0.15, 0.2) is 18.2 Å². The van der Waals surface area contributed by atoms with Crippen molar-refractivity contribution in [2.75, 3.05) is 33.9 Å². The van der Waals surface area contributed by atoms with Crippen molar-refractivity contribution in [3.8, 4) is 11.5 Å². The molecule has 174 valence electrons. The van der Waals surface area contributed by atoms with E-state index >= 15 is 0 Å². The van der Waals surface area contributed by atoms with E-state index in [0.717, 1.165) is 43.9 Å². The van der Waals surface area contributed by atoms with Crippen LogP contribution in [0.25, 0.3) is 0 Å². The van der Waals surface area contributed by atoms with Crippen LogP contribution in [0.4, 0.5) is 0 Å². The summed E-state index contributed by atoms with van der Waals surface area (Å²) in [6.45, 7) is 10.5. The second-order valence-electron chi connectivity index (χ2n) is 7.49. The molecule has 0 radical (unpaired) electrons. The Hall–Kier alpha value is -1.30. The van der Waals surface area contributed by atoms with Crippen molar-refractivity contribution in [3.05, 3.63) is 23.8 Å². The molecule has 0 bridgehead atoms. The second kappa shape index (κ2) is 15.5. The Bertz CT molecular complexity index is 566. The molecule has 30 heavy (non-hydrogen) atoms. The van der Waals surface area contributed by atoms with Crippen molar-refractivity contribution in [1.29, 1.82) is 0 Å². The minimum absolute atomic E-state index is 0.161. The van der Waals surface area contributed by atoms with Gasteiger partial charge < -0.3 is 19.3 Å². The molecular formula is C25H45NO4. The monoisotopic (exact) mass is 423 g/mol. The summed E-state index contributed by atoms with van der Waals surface area (Å²) in [5.41, 5.74) is 1.20. The van der Waals surface area contributed by atoms with Gasteiger partial charge in [0.05, 0.1) is 33.0 Å². The van der Waals surface area contributed by atoms with Crippen molar-refractivity contribution in [3.63, 3.8) is 0 Å². The van der Waals surface area contributed by atoms with Crippen LogP contribution in [-0.4, -0.2) is 62.2 Å². The number of benzene rings is 1. The zero-order valence-corrected chi connectivity index (χ0v) is 20.2. The molecule has 1 aliphatic heterocycles. The third kappa shape index (κ3) is 8.09. The van der Waals surface area contributed by atoms with Crippen molar-refractivity contribution in [2.45, 2.75) is 90.9 Å². The minimum atomic E-state index is -0.161. The Morgan fingerprint density at radius 1 is 0.933 bits per heavy atom. The van der Waals surface area contributed by atoms with E-state index in [0.29, 0.717) is 12.6 Å². The quantitative estimate of drug-likeness (QED) is 0.620. The van der Waals surface area contributed by atoms with E-state index in [1.54, 1.807) is 14.2 Å². The molecule has 2 aliphatic rings. The number of methoxy groups -OCH3 is 2. The zero-order chi connectivity index (χ0) is 22.4. The normalized spacial score (nSPS) is 24.0. The van der Waals surface area contributed by atoms with Crippen LogP contribution in [0.2, 0.25) is 0 Å². The lowest BCUT2D eigenvalue weighted by Crippen LogP contribution is -2.43. The summed E-state index contributed by atoms with van der Waals surface area (Å²) >= 11 is 0. The maximum absolute atomic E-state index is 9.90. The molecule has 0 spiro atoms. The van der Waals surface area contributed by atoms with Crippen molar-refractivity contribution in [1.82, 2.24) is 4.90 Å². The molecule has 1 heterocycles. The molecule has 3 atom stereocenters. The Morgan fingerprint density at radius 3 is 2.27 bits per heavy atom. The molecule has 2 fully saturated rings. The van der Waals surface area contributed by atoms with Crippen LogP contribution in [0, 0.1) is 0 Å². The number of nitrogens with zero attached hydrogens (tertiary/aromatic N) is 1. The van der Waals surface area contributed by atoms with E-state index in [-0.39, 0.29) is 12.2 Å². The van der Waals surface area contributed by atoms with Gasteiger partial charge in [-0.25, -0.2) is 0 Å². The van der Waals surface area contributed by atoms with Gasteiger partial charge in [0.2, 0.25) is 0 Å². The zero-order valence-electron chi connectivity index (χ0n) is 20.2. The molecule has 1 aliphatic carbocycles. The number of aliphatic hydroxyl groups is 1. The predicted molar refractivity (Wildman–Crippen MR) is 125 cm³/mol. The summed E-state index contributed by atoms with van der Waals surface area (Å²) < 4.78 is 17.1. The first kappa shape index (κ1) is 26.7. The molecule has 1 N–H and O–H groups in total. The number of rotatable bonds is 7. The molecule has 0 amide bonds. The minimum Gasteiger partial charge on any atom is -0.493 e. The van der Waals surface area contributed by atoms with Crippen LogP contribution in [0.5, 0.6) is 11.5 Å². The summed E-state index contributed by atoms with van der Waals surface area (Å²) in [5.74, 6) is 1.52. The van der Waals surface area contributed by atoms with Gasteiger partial charge in [0, 0.05) is 19.1 Å².